The highest BCUT2D eigenvalue weighted by Crippen LogP contribution is 2.62. The molecule has 0 heterocycles. The third-order valence-electron chi connectivity index (χ3n) is 5.99. The van der Waals surface area contributed by atoms with Gasteiger partial charge in [-0.2, -0.15) is 0 Å². The van der Waals surface area contributed by atoms with E-state index >= 15 is 0 Å². The van der Waals surface area contributed by atoms with E-state index in [-0.39, 0.29) is 22.3 Å². The van der Waals surface area contributed by atoms with Gasteiger partial charge in [-0.1, -0.05) is 40.2 Å². The van der Waals surface area contributed by atoms with Crippen molar-refractivity contribution in [1.29, 1.82) is 0 Å². The van der Waals surface area contributed by atoms with Gasteiger partial charge in [0.1, 0.15) is 0 Å². The molecule has 2 heteroatoms. The molecule has 0 aliphatic heterocycles. The summed E-state index contributed by atoms with van der Waals surface area (Å²) < 4.78 is 0. The van der Waals surface area contributed by atoms with Crippen LogP contribution in [0.2, 0.25) is 0 Å². The first-order chi connectivity index (χ1) is 8.95. The molecule has 3 atom stereocenters. The van der Waals surface area contributed by atoms with E-state index < -0.39 is 5.60 Å². The fraction of sp³-hybridized carbons (Fsp3) is 0.889. The Morgan fingerprint density at radius 1 is 0.950 bits per heavy atom. The average molecular weight is 278 g/mol. The first-order valence-electron chi connectivity index (χ1n) is 8.07. The Balaban J connectivity index is 2.06. The Bertz CT molecular complexity index is 474. The van der Waals surface area contributed by atoms with E-state index in [0.29, 0.717) is 6.42 Å². The minimum absolute atomic E-state index is 0.0489. The van der Waals surface area contributed by atoms with E-state index in [1.54, 1.807) is 0 Å². The molecule has 0 saturated heterocycles. The number of fused-ring (bicyclic) bond motifs is 3. The van der Waals surface area contributed by atoms with Gasteiger partial charge in [0.15, 0.2) is 0 Å². The van der Waals surface area contributed by atoms with E-state index in [1.165, 1.54) is 17.6 Å². The van der Waals surface area contributed by atoms with Gasteiger partial charge in [-0.3, -0.25) is 0 Å². The van der Waals surface area contributed by atoms with Crippen LogP contribution in [-0.2, 0) is 0 Å². The summed E-state index contributed by atoms with van der Waals surface area (Å²) in [7, 11) is 0. The zero-order chi connectivity index (χ0) is 15.0. The van der Waals surface area contributed by atoms with Crippen molar-refractivity contribution < 1.29 is 10.2 Å². The lowest BCUT2D eigenvalue weighted by molar-refractivity contribution is -0.0919. The van der Waals surface area contributed by atoms with Crippen LogP contribution in [-0.4, -0.2) is 21.9 Å². The predicted octanol–water partition coefficient (Wildman–Crippen LogP) is 3.82. The van der Waals surface area contributed by atoms with Crippen molar-refractivity contribution in [2.75, 3.05) is 0 Å². The van der Waals surface area contributed by atoms with Crippen molar-refractivity contribution in [3.63, 3.8) is 0 Å². The van der Waals surface area contributed by atoms with Crippen LogP contribution < -0.4 is 0 Å². The SMILES string of the molecule is CC1(C)C[C@@]2(C)CC3=C(C[C@@H](O)C(C)(C)C3)[C@@](O)(C1)C2. The van der Waals surface area contributed by atoms with Gasteiger partial charge in [-0.05, 0) is 60.3 Å². The molecule has 2 nitrogen and oxygen atoms in total. The lowest BCUT2D eigenvalue weighted by Gasteiger charge is -2.58. The topological polar surface area (TPSA) is 40.5 Å². The maximum absolute atomic E-state index is 11.3. The number of hydrogen-bond acceptors (Lipinski definition) is 2. The lowest BCUT2D eigenvalue weighted by Crippen LogP contribution is -2.54. The molecule has 0 aromatic heterocycles. The molecule has 3 aliphatic carbocycles. The molecular formula is C18H30O2. The van der Waals surface area contributed by atoms with Crippen molar-refractivity contribution in [2.45, 2.75) is 84.8 Å². The molecule has 1 fully saturated rings. The van der Waals surface area contributed by atoms with E-state index in [9.17, 15) is 10.2 Å². The predicted molar refractivity (Wildman–Crippen MR) is 81.4 cm³/mol. The van der Waals surface area contributed by atoms with Gasteiger partial charge in [-0.15, -0.1) is 0 Å². The zero-order valence-corrected chi connectivity index (χ0v) is 13.7. The van der Waals surface area contributed by atoms with Gasteiger partial charge >= 0.3 is 0 Å². The number of aliphatic hydroxyl groups excluding tert-OH is 1. The number of allylic oxidation sites excluding steroid dienone is 1. The molecule has 0 unspecified atom stereocenters. The maximum atomic E-state index is 11.3. The Morgan fingerprint density at radius 3 is 2.25 bits per heavy atom. The molecule has 0 spiro atoms. The smallest absolute Gasteiger partial charge is 0.0870 e. The van der Waals surface area contributed by atoms with Crippen molar-refractivity contribution in [3.8, 4) is 0 Å². The highest BCUT2D eigenvalue weighted by Gasteiger charge is 2.56. The van der Waals surface area contributed by atoms with E-state index in [0.717, 1.165) is 25.7 Å². The highest BCUT2D eigenvalue weighted by molar-refractivity contribution is 5.36. The van der Waals surface area contributed by atoms with Crippen molar-refractivity contribution in [3.05, 3.63) is 11.1 Å². The summed E-state index contributed by atoms with van der Waals surface area (Å²) >= 11 is 0. The summed E-state index contributed by atoms with van der Waals surface area (Å²) in [5.41, 5.74) is 2.35. The second kappa shape index (κ2) is 3.89. The minimum Gasteiger partial charge on any atom is -0.392 e. The Labute approximate surface area is 123 Å². The molecule has 2 bridgehead atoms. The molecule has 20 heavy (non-hydrogen) atoms. The first-order valence-corrected chi connectivity index (χ1v) is 8.07. The monoisotopic (exact) mass is 278 g/mol. The summed E-state index contributed by atoms with van der Waals surface area (Å²) in [4.78, 5) is 0. The van der Waals surface area contributed by atoms with Crippen molar-refractivity contribution in [2.24, 2.45) is 16.2 Å². The van der Waals surface area contributed by atoms with Gasteiger partial charge in [0, 0.05) is 0 Å². The summed E-state index contributed by atoms with van der Waals surface area (Å²) in [6, 6.07) is 0. The molecule has 2 N–H and O–H groups in total. The van der Waals surface area contributed by atoms with Crippen molar-refractivity contribution in [1.82, 2.24) is 0 Å². The quantitative estimate of drug-likeness (QED) is 0.661. The third-order valence-corrected chi connectivity index (χ3v) is 5.99. The molecule has 3 aliphatic rings. The van der Waals surface area contributed by atoms with Gasteiger partial charge in [0.2, 0.25) is 0 Å². The third kappa shape index (κ3) is 2.16. The first kappa shape index (κ1) is 14.6. The average Bonchev–Trinajstić information content (AvgIpc) is 2.16. The van der Waals surface area contributed by atoms with Crippen LogP contribution in [0.1, 0.15) is 73.1 Å². The van der Waals surface area contributed by atoms with Crippen LogP contribution in [0, 0.1) is 16.2 Å². The zero-order valence-electron chi connectivity index (χ0n) is 13.7. The highest BCUT2D eigenvalue weighted by atomic mass is 16.3. The minimum atomic E-state index is -0.665. The van der Waals surface area contributed by atoms with Gasteiger partial charge in [0.25, 0.3) is 0 Å². The van der Waals surface area contributed by atoms with E-state index in [2.05, 4.69) is 34.6 Å². The molecule has 0 aromatic carbocycles. The number of aliphatic hydroxyl groups is 2. The molecular weight excluding hydrogens is 248 g/mol. The van der Waals surface area contributed by atoms with Crippen LogP contribution in [0.25, 0.3) is 0 Å². The van der Waals surface area contributed by atoms with E-state index in [1.807, 2.05) is 0 Å². The van der Waals surface area contributed by atoms with Crippen molar-refractivity contribution >= 4 is 0 Å². The molecule has 3 rings (SSSR count). The van der Waals surface area contributed by atoms with Crippen LogP contribution in [0.4, 0.5) is 0 Å². The van der Waals surface area contributed by atoms with Crippen LogP contribution >= 0.6 is 0 Å². The molecule has 114 valence electrons. The summed E-state index contributed by atoms with van der Waals surface area (Å²) in [5, 5.41) is 21.8. The fourth-order valence-corrected chi connectivity index (χ4v) is 5.77. The molecule has 0 amide bonds. The van der Waals surface area contributed by atoms with E-state index in [4.69, 9.17) is 0 Å². The Morgan fingerprint density at radius 2 is 1.60 bits per heavy atom. The van der Waals surface area contributed by atoms with Gasteiger partial charge < -0.3 is 10.2 Å². The summed E-state index contributed by atoms with van der Waals surface area (Å²) in [6.07, 6.45) is 5.34. The number of hydrogen-bond donors (Lipinski definition) is 2. The summed E-state index contributed by atoms with van der Waals surface area (Å²) in [5.74, 6) is 0. The lowest BCUT2D eigenvalue weighted by atomic mass is 9.49. The Kier molecular flexibility index (Phi) is 2.84. The molecule has 0 radical (unpaired) electrons. The van der Waals surface area contributed by atoms with Crippen LogP contribution in [0.15, 0.2) is 11.1 Å². The maximum Gasteiger partial charge on any atom is 0.0870 e. The largest absolute Gasteiger partial charge is 0.392 e. The summed E-state index contributed by atoms with van der Waals surface area (Å²) in [6.45, 7) is 11.2. The number of rotatable bonds is 0. The second-order valence-corrected chi connectivity index (χ2v) is 9.68. The standard InChI is InChI=1S/C18H30O2/c1-15(2)9-17(5)8-12-7-16(3,4)14(19)6-13(12)18(20,10-15)11-17/h14,19-20H,6-11H2,1-5H3/t14-,17-,18-/m1/s1. The normalized spacial score (nSPS) is 46.0. The molecule has 1 saturated carbocycles. The van der Waals surface area contributed by atoms with Gasteiger partial charge in [0.05, 0.1) is 11.7 Å². The fourth-order valence-electron chi connectivity index (χ4n) is 5.77. The van der Waals surface area contributed by atoms with Crippen LogP contribution in [0.5, 0.6) is 0 Å². The van der Waals surface area contributed by atoms with Gasteiger partial charge in [-0.25, -0.2) is 0 Å². The second-order valence-electron chi connectivity index (χ2n) is 9.68. The Hall–Kier alpha value is -0.340. The van der Waals surface area contributed by atoms with Crippen LogP contribution in [0.3, 0.4) is 0 Å². The molecule has 0 aromatic rings.